The summed E-state index contributed by atoms with van der Waals surface area (Å²) >= 11 is 6.20. The summed E-state index contributed by atoms with van der Waals surface area (Å²) < 4.78 is 16.1. The minimum atomic E-state index is -0.416. The summed E-state index contributed by atoms with van der Waals surface area (Å²) in [6.45, 7) is 0.300. The molecule has 3 aromatic carbocycles. The van der Waals surface area contributed by atoms with Crippen molar-refractivity contribution >= 4 is 22.7 Å². The van der Waals surface area contributed by atoms with Crippen LogP contribution < -0.4 is 4.74 Å². The van der Waals surface area contributed by atoms with Crippen molar-refractivity contribution in [3.63, 3.8) is 0 Å². The molecule has 0 aliphatic rings. The van der Waals surface area contributed by atoms with Gasteiger partial charge in [-0.2, -0.15) is 0 Å². The van der Waals surface area contributed by atoms with Crippen molar-refractivity contribution in [3.05, 3.63) is 95.6 Å². The second-order valence-electron chi connectivity index (χ2n) is 6.94. The van der Waals surface area contributed by atoms with E-state index in [1.165, 1.54) is 0 Å². The average Bonchev–Trinajstić information content (AvgIpc) is 2.82. The lowest BCUT2D eigenvalue weighted by Gasteiger charge is -2.18. The number of ether oxygens (including phenoxy) is 3. The largest absolute Gasteiger partial charge is 0.508 e. The molecule has 0 aliphatic heterocycles. The molecule has 0 unspecified atom stereocenters. The summed E-state index contributed by atoms with van der Waals surface area (Å²) in [6, 6.07) is 25.4. The van der Waals surface area contributed by atoms with Gasteiger partial charge in [-0.05, 0) is 58.5 Å². The standard InChI is InChI=1S/C26H27ClO4/c1-29-25(30-2)18-31-23-14-10-21(11-15-23)26(20-8-12-22(28)13-9-20)24(16-17-27)19-6-4-3-5-7-19/h3-15,25,28H,16-18H2,1-2H3/b26-24-. The lowest BCUT2D eigenvalue weighted by molar-refractivity contribution is -0.121. The Balaban J connectivity index is 2.03. The summed E-state index contributed by atoms with van der Waals surface area (Å²) in [6.07, 6.45) is 0.296. The average molecular weight is 439 g/mol. The monoisotopic (exact) mass is 438 g/mol. The van der Waals surface area contributed by atoms with Crippen LogP contribution in [0.4, 0.5) is 0 Å². The molecule has 0 saturated heterocycles. The van der Waals surface area contributed by atoms with Crippen LogP contribution in [0.15, 0.2) is 78.9 Å². The SMILES string of the molecule is COC(COc1ccc(/C(=C(/CCCl)c2ccccc2)c2ccc(O)cc2)cc1)OC. The maximum Gasteiger partial charge on any atom is 0.191 e. The van der Waals surface area contributed by atoms with Crippen LogP contribution in [0.25, 0.3) is 11.1 Å². The van der Waals surface area contributed by atoms with Crippen LogP contribution >= 0.6 is 11.6 Å². The third-order valence-electron chi connectivity index (χ3n) is 4.98. The zero-order valence-corrected chi connectivity index (χ0v) is 18.5. The first-order valence-corrected chi connectivity index (χ1v) is 10.6. The van der Waals surface area contributed by atoms with Gasteiger partial charge in [0.2, 0.25) is 0 Å². The van der Waals surface area contributed by atoms with Crippen LogP contribution in [-0.2, 0) is 9.47 Å². The van der Waals surface area contributed by atoms with Gasteiger partial charge in [0.05, 0.1) is 0 Å². The molecule has 5 heteroatoms. The lowest BCUT2D eigenvalue weighted by atomic mass is 9.88. The topological polar surface area (TPSA) is 47.9 Å². The number of rotatable bonds is 10. The van der Waals surface area contributed by atoms with E-state index in [-0.39, 0.29) is 5.75 Å². The minimum absolute atomic E-state index is 0.233. The molecule has 0 saturated carbocycles. The molecule has 0 atom stereocenters. The highest BCUT2D eigenvalue weighted by Crippen LogP contribution is 2.35. The summed E-state index contributed by atoms with van der Waals surface area (Å²) in [4.78, 5) is 0. The number of allylic oxidation sites excluding steroid dienone is 1. The third kappa shape index (κ3) is 6.11. The van der Waals surface area contributed by atoms with E-state index >= 15 is 0 Å². The molecule has 0 fully saturated rings. The van der Waals surface area contributed by atoms with Gasteiger partial charge in [0.1, 0.15) is 18.1 Å². The zero-order chi connectivity index (χ0) is 22.1. The Bertz CT molecular complexity index is 963. The first kappa shape index (κ1) is 22.9. The molecule has 4 nitrogen and oxygen atoms in total. The summed E-state index contributed by atoms with van der Waals surface area (Å²) in [7, 11) is 3.16. The summed E-state index contributed by atoms with van der Waals surface area (Å²) in [5, 5.41) is 9.77. The Hall–Kier alpha value is -2.79. The number of phenols is 1. The molecular formula is C26H27ClO4. The predicted molar refractivity (Wildman–Crippen MR) is 126 cm³/mol. The third-order valence-corrected chi connectivity index (χ3v) is 5.17. The molecule has 3 rings (SSSR count). The second-order valence-corrected chi connectivity index (χ2v) is 7.32. The molecule has 0 bridgehead atoms. The van der Waals surface area contributed by atoms with Crippen molar-refractivity contribution in [2.75, 3.05) is 26.7 Å². The molecular weight excluding hydrogens is 412 g/mol. The molecule has 0 heterocycles. The predicted octanol–water partition coefficient (Wildman–Crippen LogP) is 5.98. The molecule has 31 heavy (non-hydrogen) atoms. The maximum absolute atomic E-state index is 9.77. The lowest BCUT2D eigenvalue weighted by Crippen LogP contribution is -2.21. The molecule has 0 spiro atoms. The van der Waals surface area contributed by atoms with E-state index in [1.807, 2.05) is 54.6 Å². The Morgan fingerprint density at radius 3 is 1.94 bits per heavy atom. The molecule has 0 aromatic heterocycles. The molecule has 3 aromatic rings. The number of methoxy groups -OCH3 is 2. The van der Waals surface area contributed by atoms with Crippen molar-refractivity contribution in [2.24, 2.45) is 0 Å². The van der Waals surface area contributed by atoms with Crippen molar-refractivity contribution in [1.29, 1.82) is 0 Å². The van der Waals surface area contributed by atoms with Gasteiger partial charge in [0.25, 0.3) is 0 Å². The molecule has 162 valence electrons. The Morgan fingerprint density at radius 1 is 0.806 bits per heavy atom. The van der Waals surface area contributed by atoms with E-state index in [2.05, 4.69) is 12.1 Å². The van der Waals surface area contributed by atoms with Crippen molar-refractivity contribution in [2.45, 2.75) is 12.7 Å². The van der Waals surface area contributed by atoms with Gasteiger partial charge in [0, 0.05) is 20.1 Å². The fourth-order valence-corrected chi connectivity index (χ4v) is 3.59. The van der Waals surface area contributed by atoms with E-state index in [9.17, 15) is 5.11 Å². The normalized spacial score (nSPS) is 12.0. The molecule has 1 N–H and O–H groups in total. The number of phenolic OH excluding ortho intramolecular Hbond substituents is 1. The molecule has 0 amide bonds. The van der Waals surface area contributed by atoms with Crippen LogP contribution in [-0.4, -0.2) is 38.1 Å². The Labute approximate surface area is 188 Å². The van der Waals surface area contributed by atoms with Gasteiger partial charge in [-0.3, -0.25) is 0 Å². The Kier molecular flexibility index (Phi) is 8.53. The van der Waals surface area contributed by atoms with Crippen molar-refractivity contribution < 1.29 is 19.3 Å². The highest BCUT2D eigenvalue weighted by molar-refractivity contribution is 6.18. The van der Waals surface area contributed by atoms with E-state index in [0.717, 1.165) is 33.6 Å². The number of halogens is 1. The summed E-state index contributed by atoms with van der Waals surface area (Å²) in [5.41, 5.74) is 5.39. The second kappa shape index (κ2) is 11.6. The number of benzene rings is 3. The number of alkyl halides is 1. The first-order valence-electron chi connectivity index (χ1n) is 10.1. The van der Waals surface area contributed by atoms with Crippen LogP contribution in [0.3, 0.4) is 0 Å². The zero-order valence-electron chi connectivity index (χ0n) is 17.8. The van der Waals surface area contributed by atoms with Crippen LogP contribution in [0.1, 0.15) is 23.1 Å². The smallest absolute Gasteiger partial charge is 0.191 e. The van der Waals surface area contributed by atoms with Gasteiger partial charge in [-0.25, -0.2) is 0 Å². The van der Waals surface area contributed by atoms with E-state index in [4.69, 9.17) is 25.8 Å². The van der Waals surface area contributed by atoms with Crippen LogP contribution in [0.2, 0.25) is 0 Å². The van der Waals surface area contributed by atoms with Gasteiger partial charge < -0.3 is 19.3 Å². The summed E-state index contributed by atoms with van der Waals surface area (Å²) in [5.74, 6) is 1.46. The van der Waals surface area contributed by atoms with Crippen molar-refractivity contribution in [3.8, 4) is 11.5 Å². The first-order chi connectivity index (χ1) is 15.2. The number of aromatic hydroxyl groups is 1. The van der Waals surface area contributed by atoms with Gasteiger partial charge in [-0.1, -0.05) is 54.6 Å². The Morgan fingerprint density at radius 2 is 1.39 bits per heavy atom. The fraction of sp³-hybridized carbons (Fsp3) is 0.231. The maximum atomic E-state index is 9.77. The van der Waals surface area contributed by atoms with E-state index in [0.29, 0.717) is 18.9 Å². The minimum Gasteiger partial charge on any atom is -0.508 e. The number of hydrogen-bond acceptors (Lipinski definition) is 4. The molecule has 0 aliphatic carbocycles. The van der Waals surface area contributed by atoms with Gasteiger partial charge >= 0.3 is 0 Å². The quantitative estimate of drug-likeness (QED) is 0.240. The fourth-order valence-electron chi connectivity index (χ4n) is 3.41. The van der Waals surface area contributed by atoms with Crippen molar-refractivity contribution in [1.82, 2.24) is 0 Å². The highest BCUT2D eigenvalue weighted by Gasteiger charge is 2.15. The van der Waals surface area contributed by atoms with Gasteiger partial charge in [-0.15, -0.1) is 11.6 Å². The molecule has 0 radical (unpaired) electrons. The van der Waals surface area contributed by atoms with Crippen LogP contribution in [0.5, 0.6) is 11.5 Å². The van der Waals surface area contributed by atoms with E-state index < -0.39 is 6.29 Å². The van der Waals surface area contributed by atoms with Crippen LogP contribution in [0, 0.1) is 0 Å². The highest BCUT2D eigenvalue weighted by atomic mass is 35.5. The van der Waals surface area contributed by atoms with Gasteiger partial charge in [0.15, 0.2) is 6.29 Å². The number of hydrogen-bond donors (Lipinski definition) is 1. The van der Waals surface area contributed by atoms with E-state index in [1.54, 1.807) is 26.4 Å².